The van der Waals surface area contributed by atoms with E-state index in [-0.39, 0.29) is 12.2 Å². The Morgan fingerprint density at radius 2 is 1.15 bits per heavy atom. The van der Waals surface area contributed by atoms with Crippen LogP contribution in [0.4, 0.5) is 0 Å². The van der Waals surface area contributed by atoms with Crippen LogP contribution in [0.3, 0.4) is 0 Å². The molecule has 39 heavy (non-hydrogen) atoms. The number of hydrogen-bond donors (Lipinski definition) is 3. The van der Waals surface area contributed by atoms with Crippen LogP contribution >= 0.6 is 0 Å². The normalized spacial score (nSPS) is 13.8. The largest absolute Gasteiger partial charge is 0.396 e. The molecule has 0 amide bonds. The quantitative estimate of drug-likeness (QED) is 0.0614. The molecule has 0 fully saturated rings. The van der Waals surface area contributed by atoms with Crippen molar-refractivity contribution in [3.05, 3.63) is 23.8 Å². The second kappa shape index (κ2) is 30.0. The van der Waals surface area contributed by atoms with Gasteiger partial charge in [-0.3, -0.25) is 4.79 Å². The molecule has 4 heteroatoms. The minimum atomic E-state index is -0.942. The average Bonchev–Trinajstić information content (AvgIpc) is 2.92. The summed E-state index contributed by atoms with van der Waals surface area (Å²) in [6.07, 6.45) is 32.7. The summed E-state index contributed by atoms with van der Waals surface area (Å²) in [5.74, 6) is -0.242. The number of rotatable bonds is 30. The van der Waals surface area contributed by atoms with E-state index in [0.717, 1.165) is 38.5 Å². The Kier molecular flexibility index (Phi) is 29.3. The van der Waals surface area contributed by atoms with E-state index < -0.39 is 12.2 Å². The summed E-state index contributed by atoms with van der Waals surface area (Å²) >= 11 is 0. The first-order valence-corrected chi connectivity index (χ1v) is 16.8. The van der Waals surface area contributed by atoms with Crippen LogP contribution in [-0.2, 0) is 4.79 Å². The lowest BCUT2D eigenvalue weighted by Crippen LogP contribution is -2.24. The van der Waals surface area contributed by atoms with Gasteiger partial charge >= 0.3 is 0 Å². The van der Waals surface area contributed by atoms with Gasteiger partial charge in [-0.25, -0.2) is 0 Å². The smallest absolute Gasteiger partial charge is 0.164 e. The SMILES string of the molecule is CCCCCCCCCC(C)=CCCC=CC(O)CC(=O)C(O)CCCCCCCCCCCCCCCO. The van der Waals surface area contributed by atoms with Crippen LogP contribution in [-0.4, -0.2) is 39.9 Å². The maximum Gasteiger partial charge on any atom is 0.164 e. The monoisotopic (exact) mass is 550 g/mol. The van der Waals surface area contributed by atoms with Gasteiger partial charge in [-0.15, -0.1) is 0 Å². The highest BCUT2D eigenvalue weighted by Gasteiger charge is 2.17. The maximum atomic E-state index is 12.2. The van der Waals surface area contributed by atoms with E-state index in [1.807, 2.05) is 6.08 Å². The summed E-state index contributed by atoms with van der Waals surface area (Å²) < 4.78 is 0. The summed E-state index contributed by atoms with van der Waals surface area (Å²) in [7, 11) is 0. The Hall–Kier alpha value is -0.970. The second-order valence-electron chi connectivity index (χ2n) is 11.8. The summed E-state index contributed by atoms with van der Waals surface area (Å²) in [6.45, 7) is 4.79. The zero-order chi connectivity index (χ0) is 28.8. The van der Waals surface area contributed by atoms with Crippen molar-refractivity contribution in [1.29, 1.82) is 0 Å². The molecule has 3 N–H and O–H groups in total. The van der Waals surface area contributed by atoms with Crippen LogP contribution in [0.5, 0.6) is 0 Å². The van der Waals surface area contributed by atoms with Gasteiger partial charge < -0.3 is 15.3 Å². The van der Waals surface area contributed by atoms with Crippen LogP contribution in [0.15, 0.2) is 23.8 Å². The van der Waals surface area contributed by atoms with Gasteiger partial charge in [0.1, 0.15) is 6.10 Å². The van der Waals surface area contributed by atoms with E-state index in [2.05, 4.69) is 19.9 Å². The van der Waals surface area contributed by atoms with Crippen LogP contribution in [0.2, 0.25) is 0 Å². The molecule has 0 bridgehead atoms. The third kappa shape index (κ3) is 28.4. The van der Waals surface area contributed by atoms with E-state index in [9.17, 15) is 15.0 Å². The Balaban J connectivity index is 3.66. The molecule has 2 atom stereocenters. The molecule has 0 saturated heterocycles. The fourth-order valence-electron chi connectivity index (χ4n) is 5.11. The molecule has 0 heterocycles. The number of carbonyl (C=O) groups excluding carboxylic acids is 1. The number of carbonyl (C=O) groups is 1. The average molecular weight is 551 g/mol. The minimum absolute atomic E-state index is 0.00618. The van der Waals surface area contributed by atoms with Crippen molar-refractivity contribution in [2.45, 2.75) is 187 Å². The molecule has 0 aliphatic carbocycles. The molecule has 0 aromatic rings. The first kappa shape index (κ1) is 38.0. The zero-order valence-corrected chi connectivity index (χ0v) is 26.0. The Labute approximate surface area is 242 Å². The van der Waals surface area contributed by atoms with Gasteiger partial charge in [-0.2, -0.15) is 0 Å². The molecular formula is C35H66O4. The Morgan fingerprint density at radius 1 is 0.667 bits per heavy atom. The number of aliphatic hydroxyl groups excluding tert-OH is 3. The number of unbranched alkanes of at least 4 members (excludes halogenated alkanes) is 19. The molecule has 0 aromatic heterocycles. The first-order valence-electron chi connectivity index (χ1n) is 16.8. The van der Waals surface area contributed by atoms with E-state index >= 15 is 0 Å². The van der Waals surface area contributed by atoms with Gasteiger partial charge in [0.25, 0.3) is 0 Å². The molecule has 4 nitrogen and oxygen atoms in total. The maximum absolute atomic E-state index is 12.2. The van der Waals surface area contributed by atoms with Crippen molar-refractivity contribution in [2.75, 3.05) is 6.61 Å². The predicted molar refractivity (Wildman–Crippen MR) is 168 cm³/mol. The molecule has 230 valence electrons. The van der Waals surface area contributed by atoms with E-state index in [1.54, 1.807) is 6.08 Å². The van der Waals surface area contributed by atoms with Crippen LogP contribution < -0.4 is 0 Å². The summed E-state index contributed by atoms with van der Waals surface area (Å²) in [6, 6.07) is 0. The van der Waals surface area contributed by atoms with E-state index in [4.69, 9.17) is 5.11 Å². The molecule has 0 saturated carbocycles. The topological polar surface area (TPSA) is 77.8 Å². The number of hydrogen-bond acceptors (Lipinski definition) is 4. The lowest BCUT2D eigenvalue weighted by atomic mass is 10.0. The molecule has 0 rings (SSSR count). The number of ketones is 1. The lowest BCUT2D eigenvalue weighted by Gasteiger charge is -2.11. The van der Waals surface area contributed by atoms with Gasteiger partial charge in [0.15, 0.2) is 5.78 Å². The molecule has 0 aromatic carbocycles. The summed E-state index contributed by atoms with van der Waals surface area (Å²) in [5.41, 5.74) is 1.45. The number of Topliss-reactive ketones (excluding diaryl/α,β-unsaturated/α-hetero) is 1. The van der Waals surface area contributed by atoms with Crippen molar-refractivity contribution < 1.29 is 20.1 Å². The van der Waals surface area contributed by atoms with Gasteiger partial charge in [0, 0.05) is 13.0 Å². The second-order valence-corrected chi connectivity index (χ2v) is 11.8. The van der Waals surface area contributed by atoms with Crippen LogP contribution in [0.1, 0.15) is 174 Å². The molecule has 0 spiro atoms. The zero-order valence-electron chi connectivity index (χ0n) is 26.0. The van der Waals surface area contributed by atoms with Crippen molar-refractivity contribution in [3.8, 4) is 0 Å². The van der Waals surface area contributed by atoms with Gasteiger partial charge in [0.2, 0.25) is 0 Å². The van der Waals surface area contributed by atoms with Crippen molar-refractivity contribution in [2.24, 2.45) is 0 Å². The van der Waals surface area contributed by atoms with Crippen LogP contribution in [0, 0.1) is 0 Å². The Bertz CT molecular complexity index is 583. The molecule has 0 aliphatic rings. The highest BCUT2D eigenvalue weighted by Crippen LogP contribution is 2.15. The predicted octanol–water partition coefficient (Wildman–Crippen LogP) is 9.54. The standard InChI is InChI=1S/C35H66O4/c1-3-4-5-6-14-17-21-26-32(2)27-22-20-23-28-33(37)31-35(39)34(38)29-24-18-15-12-10-8-7-9-11-13-16-19-25-30-36/h23,27-28,33-34,36-38H,3-22,24-26,29-31H2,1-2H3. The third-order valence-electron chi connectivity index (χ3n) is 7.78. The van der Waals surface area contributed by atoms with E-state index in [1.165, 1.54) is 115 Å². The fraction of sp³-hybridized carbons (Fsp3) is 0.857. The number of allylic oxidation sites excluding steroid dienone is 3. The van der Waals surface area contributed by atoms with Gasteiger partial charge in [-0.05, 0) is 45.4 Å². The fourth-order valence-corrected chi connectivity index (χ4v) is 5.11. The van der Waals surface area contributed by atoms with Crippen molar-refractivity contribution >= 4 is 5.78 Å². The first-order chi connectivity index (χ1) is 19.0. The highest BCUT2D eigenvalue weighted by atomic mass is 16.3. The van der Waals surface area contributed by atoms with Crippen molar-refractivity contribution in [1.82, 2.24) is 0 Å². The van der Waals surface area contributed by atoms with Crippen LogP contribution in [0.25, 0.3) is 0 Å². The molecular weight excluding hydrogens is 484 g/mol. The molecule has 2 unspecified atom stereocenters. The minimum Gasteiger partial charge on any atom is -0.396 e. The third-order valence-corrected chi connectivity index (χ3v) is 7.78. The number of aliphatic hydroxyl groups is 3. The highest BCUT2D eigenvalue weighted by molar-refractivity contribution is 5.83. The van der Waals surface area contributed by atoms with Gasteiger partial charge in [0.05, 0.1) is 6.10 Å². The van der Waals surface area contributed by atoms with E-state index in [0.29, 0.717) is 13.0 Å². The summed E-state index contributed by atoms with van der Waals surface area (Å²) in [4.78, 5) is 12.2. The van der Waals surface area contributed by atoms with Gasteiger partial charge in [-0.1, -0.05) is 146 Å². The molecule has 0 aliphatic heterocycles. The molecule has 0 radical (unpaired) electrons. The summed E-state index contributed by atoms with van der Waals surface area (Å²) in [5, 5.41) is 29.1. The Morgan fingerprint density at radius 3 is 1.69 bits per heavy atom. The lowest BCUT2D eigenvalue weighted by molar-refractivity contribution is -0.128. The van der Waals surface area contributed by atoms with Crippen molar-refractivity contribution in [3.63, 3.8) is 0 Å².